The predicted molar refractivity (Wildman–Crippen MR) is 140 cm³/mol. The molecule has 0 amide bonds. The molecule has 2 N–H and O–H groups in total. The Morgan fingerprint density at radius 2 is 1.95 bits per heavy atom. The number of benzene rings is 2. The summed E-state index contributed by atoms with van der Waals surface area (Å²) in [6.07, 6.45) is 3.35. The highest BCUT2D eigenvalue weighted by molar-refractivity contribution is 5.95. The summed E-state index contributed by atoms with van der Waals surface area (Å²) < 4.78 is 42.7. The Bertz CT molecular complexity index is 1430. The summed E-state index contributed by atoms with van der Waals surface area (Å²) >= 11 is 0. The standard InChI is InChI=1S/C29H32F2N2O6/c1-2-38-28(36)22-15-33(19-8-9-19)25-21(26(22)35)12-23(30)24(31)27(25)39-16-20-13-29(37,17-34)10-11-32(20)14-18-6-4-3-5-7-18/h3-7,12,15,19-20,34,37H,2,8-11,13-14,16-17H2,1H3/t20-,29?/m0/s1. The number of hydrogen-bond donors (Lipinski definition) is 2. The number of likely N-dealkylation sites (tertiary alicyclic amines) is 1. The van der Waals surface area contributed by atoms with Crippen molar-refractivity contribution in [1.29, 1.82) is 0 Å². The SMILES string of the molecule is CCOC(=O)c1cn(C2CC2)c2c(OC[C@@H]3CC(O)(CO)CCN3Cc3ccccc3)c(F)c(F)cc2c1=O. The second-order valence-corrected chi connectivity index (χ2v) is 10.4. The summed E-state index contributed by atoms with van der Waals surface area (Å²) in [5.41, 5.74) is -1.22. The van der Waals surface area contributed by atoms with Gasteiger partial charge >= 0.3 is 5.97 Å². The zero-order valence-corrected chi connectivity index (χ0v) is 21.7. The van der Waals surface area contributed by atoms with Crippen molar-refractivity contribution in [2.45, 2.75) is 56.8 Å². The van der Waals surface area contributed by atoms with E-state index in [2.05, 4.69) is 4.90 Å². The van der Waals surface area contributed by atoms with Crippen LogP contribution in [0.2, 0.25) is 0 Å². The van der Waals surface area contributed by atoms with Crippen molar-refractivity contribution < 1.29 is 33.3 Å². The van der Waals surface area contributed by atoms with Gasteiger partial charge in [0.15, 0.2) is 11.6 Å². The molecule has 208 valence electrons. The molecule has 2 aromatic carbocycles. The molecule has 5 rings (SSSR count). The van der Waals surface area contributed by atoms with Crippen LogP contribution in [0.3, 0.4) is 0 Å². The minimum absolute atomic E-state index is 0.0624. The van der Waals surface area contributed by atoms with Gasteiger partial charge in [0.05, 0.1) is 29.7 Å². The van der Waals surface area contributed by atoms with Crippen LogP contribution in [0.1, 0.15) is 54.6 Å². The van der Waals surface area contributed by atoms with Gasteiger partial charge in [-0.15, -0.1) is 0 Å². The molecule has 1 aliphatic heterocycles. The molecular weight excluding hydrogens is 510 g/mol. The highest BCUT2D eigenvalue weighted by atomic mass is 19.2. The van der Waals surface area contributed by atoms with Crippen LogP contribution in [-0.4, -0.2) is 63.7 Å². The number of aromatic nitrogens is 1. The molecule has 3 aromatic rings. The van der Waals surface area contributed by atoms with Gasteiger partial charge in [0.25, 0.3) is 0 Å². The zero-order chi connectivity index (χ0) is 27.7. The first kappa shape index (κ1) is 27.2. The van der Waals surface area contributed by atoms with E-state index in [0.29, 0.717) is 19.5 Å². The summed E-state index contributed by atoms with van der Waals surface area (Å²) in [5.74, 6) is -3.74. The van der Waals surface area contributed by atoms with Crippen molar-refractivity contribution in [2.24, 2.45) is 0 Å². The summed E-state index contributed by atoms with van der Waals surface area (Å²) in [6, 6.07) is 9.96. The van der Waals surface area contributed by atoms with Crippen molar-refractivity contribution in [1.82, 2.24) is 9.47 Å². The third kappa shape index (κ3) is 5.54. The first-order valence-corrected chi connectivity index (χ1v) is 13.2. The van der Waals surface area contributed by atoms with Crippen LogP contribution in [0.4, 0.5) is 8.78 Å². The van der Waals surface area contributed by atoms with Gasteiger partial charge in [0.1, 0.15) is 12.2 Å². The van der Waals surface area contributed by atoms with E-state index in [4.69, 9.17) is 9.47 Å². The molecule has 1 aliphatic carbocycles. The molecule has 2 heterocycles. The van der Waals surface area contributed by atoms with Crippen molar-refractivity contribution in [3.05, 3.63) is 75.6 Å². The summed E-state index contributed by atoms with van der Waals surface area (Å²) in [7, 11) is 0. The molecule has 1 aromatic heterocycles. The lowest BCUT2D eigenvalue weighted by Crippen LogP contribution is -2.53. The van der Waals surface area contributed by atoms with E-state index < -0.39 is 47.0 Å². The Kier molecular flexibility index (Phi) is 7.70. The highest BCUT2D eigenvalue weighted by Gasteiger charge is 2.39. The molecule has 2 atom stereocenters. The number of ether oxygens (including phenoxy) is 2. The maximum Gasteiger partial charge on any atom is 0.343 e. The zero-order valence-electron chi connectivity index (χ0n) is 21.7. The second kappa shape index (κ2) is 11.0. The Morgan fingerprint density at radius 1 is 1.21 bits per heavy atom. The van der Waals surface area contributed by atoms with E-state index in [0.717, 1.165) is 24.5 Å². The lowest BCUT2D eigenvalue weighted by Gasteiger charge is -2.43. The Balaban J connectivity index is 1.53. The number of carbonyl (C=O) groups is 1. The van der Waals surface area contributed by atoms with Crippen molar-refractivity contribution in [3.63, 3.8) is 0 Å². The number of esters is 1. The van der Waals surface area contributed by atoms with Crippen LogP contribution in [0.5, 0.6) is 5.75 Å². The highest BCUT2D eigenvalue weighted by Crippen LogP contribution is 2.41. The third-order valence-corrected chi connectivity index (χ3v) is 7.54. The van der Waals surface area contributed by atoms with Crippen LogP contribution in [0, 0.1) is 11.6 Å². The number of rotatable bonds is 9. The minimum atomic E-state index is -1.32. The second-order valence-electron chi connectivity index (χ2n) is 10.4. The van der Waals surface area contributed by atoms with Gasteiger partial charge < -0.3 is 24.3 Å². The molecule has 2 aliphatic rings. The van der Waals surface area contributed by atoms with Gasteiger partial charge in [0, 0.05) is 31.4 Å². The van der Waals surface area contributed by atoms with Crippen molar-refractivity contribution >= 4 is 16.9 Å². The molecule has 1 unspecified atom stereocenters. The normalized spacial score (nSPS) is 21.7. The predicted octanol–water partition coefficient (Wildman–Crippen LogP) is 3.56. The van der Waals surface area contributed by atoms with Crippen LogP contribution in [0.15, 0.2) is 47.4 Å². The lowest BCUT2D eigenvalue weighted by atomic mass is 9.87. The molecule has 0 bridgehead atoms. The number of carbonyl (C=O) groups excluding carboxylic acids is 1. The van der Waals surface area contributed by atoms with Crippen molar-refractivity contribution in [3.8, 4) is 5.75 Å². The fourth-order valence-corrected chi connectivity index (χ4v) is 5.27. The number of pyridine rings is 1. The van der Waals surface area contributed by atoms with Gasteiger partial charge in [-0.05, 0) is 44.2 Å². The molecular formula is C29H32F2N2O6. The molecule has 0 spiro atoms. The Morgan fingerprint density at radius 3 is 2.62 bits per heavy atom. The number of piperidine rings is 1. The molecule has 39 heavy (non-hydrogen) atoms. The Labute approximate surface area is 224 Å². The molecule has 1 saturated carbocycles. The average molecular weight is 543 g/mol. The molecule has 10 heteroatoms. The van der Waals surface area contributed by atoms with E-state index in [1.165, 1.54) is 6.20 Å². The fraction of sp³-hybridized carbons (Fsp3) is 0.448. The van der Waals surface area contributed by atoms with Gasteiger partial charge in [0.2, 0.25) is 11.2 Å². The van der Waals surface area contributed by atoms with Gasteiger partial charge in [-0.1, -0.05) is 30.3 Å². The minimum Gasteiger partial charge on any atom is -0.487 e. The topological polar surface area (TPSA) is 101 Å². The van der Waals surface area contributed by atoms with Gasteiger partial charge in [-0.2, -0.15) is 4.39 Å². The lowest BCUT2D eigenvalue weighted by molar-refractivity contribution is -0.0873. The maximum atomic E-state index is 15.3. The smallest absolute Gasteiger partial charge is 0.343 e. The number of aliphatic hydroxyl groups is 2. The van der Waals surface area contributed by atoms with Crippen LogP contribution in [-0.2, 0) is 11.3 Å². The first-order chi connectivity index (χ1) is 18.7. The molecule has 1 saturated heterocycles. The van der Waals surface area contributed by atoms with Crippen LogP contribution < -0.4 is 10.2 Å². The van der Waals surface area contributed by atoms with E-state index in [9.17, 15) is 24.2 Å². The largest absolute Gasteiger partial charge is 0.487 e. The van der Waals surface area contributed by atoms with Crippen LogP contribution in [0.25, 0.3) is 10.9 Å². The molecule has 2 fully saturated rings. The Hall–Kier alpha value is -3.34. The number of hydrogen-bond acceptors (Lipinski definition) is 7. The number of nitrogens with zero attached hydrogens (tertiary/aromatic N) is 2. The number of fused-ring (bicyclic) bond motifs is 1. The van der Waals surface area contributed by atoms with Crippen molar-refractivity contribution in [2.75, 3.05) is 26.4 Å². The summed E-state index contributed by atoms with van der Waals surface area (Å²) in [5, 5.41) is 20.5. The van der Waals surface area contributed by atoms with E-state index >= 15 is 4.39 Å². The fourth-order valence-electron chi connectivity index (χ4n) is 5.27. The van der Waals surface area contributed by atoms with Gasteiger partial charge in [-0.25, -0.2) is 9.18 Å². The number of halogens is 2. The maximum absolute atomic E-state index is 15.3. The summed E-state index contributed by atoms with van der Waals surface area (Å²) in [6.45, 7) is 2.12. The summed E-state index contributed by atoms with van der Waals surface area (Å²) in [4.78, 5) is 27.8. The first-order valence-electron chi connectivity index (χ1n) is 13.2. The van der Waals surface area contributed by atoms with E-state index in [-0.39, 0.29) is 42.1 Å². The van der Waals surface area contributed by atoms with Gasteiger partial charge in [-0.3, -0.25) is 9.69 Å². The quantitative estimate of drug-likeness (QED) is 0.399. The third-order valence-electron chi connectivity index (χ3n) is 7.54. The van der Waals surface area contributed by atoms with E-state index in [1.807, 2.05) is 30.3 Å². The van der Waals surface area contributed by atoms with E-state index in [1.54, 1.807) is 11.5 Å². The molecule has 0 radical (unpaired) electrons. The average Bonchev–Trinajstić information content (AvgIpc) is 3.77. The molecule has 8 nitrogen and oxygen atoms in total. The number of aliphatic hydroxyl groups excluding tert-OH is 1. The van der Waals surface area contributed by atoms with Crippen LogP contribution >= 0.6 is 0 Å². The monoisotopic (exact) mass is 542 g/mol.